The standard InChI is InChI=1S/C15H23N3O3S/c16-22(20,21)14-7-5-12(6-8-14)9-10-17-15(19)18-11-13-3-1-2-4-13/h5-8,13H,1-4,9-11H2,(H2,16,20,21)(H2,17,18,19). The Balaban J connectivity index is 1.68. The second-order valence-corrected chi connectivity index (χ2v) is 7.29. The fourth-order valence-corrected chi connectivity index (χ4v) is 3.20. The summed E-state index contributed by atoms with van der Waals surface area (Å²) in [6, 6.07) is 6.22. The summed E-state index contributed by atoms with van der Waals surface area (Å²) in [6.07, 6.45) is 5.58. The zero-order valence-electron chi connectivity index (χ0n) is 12.5. The minimum atomic E-state index is -3.65. The summed E-state index contributed by atoms with van der Waals surface area (Å²) >= 11 is 0. The predicted molar refractivity (Wildman–Crippen MR) is 84.9 cm³/mol. The molecular formula is C15H23N3O3S. The topological polar surface area (TPSA) is 101 Å². The smallest absolute Gasteiger partial charge is 0.314 e. The van der Waals surface area contributed by atoms with E-state index in [1.54, 1.807) is 12.1 Å². The maximum Gasteiger partial charge on any atom is 0.314 e. The SMILES string of the molecule is NS(=O)(=O)c1ccc(CCNC(=O)NCC2CCCC2)cc1. The van der Waals surface area contributed by atoms with Crippen molar-refractivity contribution in [3.05, 3.63) is 29.8 Å². The van der Waals surface area contributed by atoms with E-state index in [0.29, 0.717) is 18.9 Å². The van der Waals surface area contributed by atoms with Gasteiger partial charge >= 0.3 is 6.03 Å². The summed E-state index contributed by atoms with van der Waals surface area (Å²) in [5.41, 5.74) is 0.948. The molecule has 0 spiro atoms. The number of amides is 2. The highest BCUT2D eigenvalue weighted by Gasteiger charge is 2.15. The van der Waals surface area contributed by atoms with E-state index in [0.717, 1.165) is 12.1 Å². The third kappa shape index (κ3) is 5.31. The van der Waals surface area contributed by atoms with Crippen molar-refractivity contribution < 1.29 is 13.2 Å². The molecule has 0 aliphatic heterocycles. The molecule has 7 heteroatoms. The van der Waals surface area contributed by atoms with E-state index in [2.05, 4.69) is 10.6 Å². The lowest BCUT2D eigenvalue weighted by atomic mass is 10.1. The van der Waals surface area contributed by atoms with Gasteiger partial charge in [0.1, 0.15) is 0 Å². The third-order valence-electron chi connectivity index (χ3n) is 3.98. The second-order valence-electron chi connectivity index (χ2n) is 5.73. The normalized spacial score (nSPS) is 15.7. The van der Waals surface area contributed by atoms with Crippen molar-refractivity contribution in [3.63, 3.8) is 0 Å². The molecule has 0 radical (unpaired) electrons. The predicted octanol–water partition coefficient (Wildman–Crippen LogP) is 1.37. The maximum atomic E-state index is 11.7. The first-order valence-corrected chi connectivity index (χ1v) is 9.13. The van der Waals surface area contributed by atoms with Crippen LogP contribution in [-0.2, 0) is 16.4 Å². The highest BCUT2D eigenvalue weighted by Crippen LogP contribution is 2.23. The molecule has 6 nitrogen and oxygen atoms in total. The van der Waals surface area contributed by atoms with Gasteiger partial charge < -0.3 is 10.6 Å². The molecule has 0 unspecified atom stereocenters. The summed E-state index contributed by atoms with van der Waals surface area (Å²) in [4.78, 5) is 11.8. The number of sulfonamides is 1. The maximum absolute atomic E-state index is 11.7. The molecule has 1 aliphatic carbocycles. The number of carbonyl (C=O) groups is 1. The molecule has 1 saturated carbocycles. The van der Waals surface area contributed by atoms with Crippen LogP contribution in [-0.4, -0.2) is 27.5 Å². The lowest BCUT2D eigenvalue weighted by Gasteiger charge is -2.11. The van der Waals surface area contributed by atoms with Crippen LogP contribution in [0.4, 0.5) is 4.79 Å². The molecule has 0 heterocycles. The summed E-state index contributed by atoms with van der Waals surface area (Å²) in [5, 5.41) is 10.7. The fraction of sp³-hybridized carbons (Fsp3) is 0.533. The summed E-state index contributed by atoms with van der Waals surface area (Å²) in [5.74, 6) is 0.622. The van der Waals surface area contributed by atoms with Crippen LogP contribution >= 0.6 is 0 Å². The van der Waals surface area contributed by atoms with Crippen molar-refractivity contribution in [2.75, 3.05) is 13.1 Å². The van der Waals surface area contributed by atoms with Gasteiger partial charge in [-0.1, -0.05) is 25.0 Å². The summed E-state index contributed by atoms with van der Waals surface area (Å²) in [6.45, 7) is 1.25. The molecule has 122 valence electrons. The van der Waals surface area contributed by atoms with Crippen LogP contribution in [0.3, 0.4) is 0 Å². The van der Waals surface area contributed by atoms with Crippen LogP contribution in [0.2, 0.25) is 0 Å². The van der Waals surface area contributed by atoms with Crippen molar-refractivity contribution in [2.24, 2.45) is 11.1 Å². The Morgan fingerprint density at radius 2 is 1.77 bits per heavy atom. The second kappa shape index (κ2) is 7.60. The van der Waals surface area contributed by atoms with Crippen LogP contribution in [0.15, 0.2) is 29.2 Å². The first-order chi connectivity index (χ1) is 10.4. The number of nitrogens with two attached hydrogens (primary N) is 1. The molecule has 0 aromatic heterocycles. The van der Waals surface area contributed by atoms with E-state index in [1.807, 2.05) is 0 Å². The van der Waals surface area contributed by atoms with Gasteiger partial charge in [-0.05, 0) is 42.9 Å². The Bertz CT molecular complexity index is 593. The van der Waals surface area contributed by atoms with Crippen LogP contribution in [0, 0.1) is 5.92 Å². The molecular weight excluding hydrogens is 302 g/mol. The van der Waals surface area contributed by atoms with Crippen molar-refractivity contribution in [2.45, 2.75) is 37.0 Å². The number of hydrogen-bond donors (Lipinski definition) is 3. The number of benzene rings is 1. The van der Waals surface area contributed by atoms with E-state index < -0.39 is 10.0 Å². The zero-order chi connectivity index (χ0) is 16.0. The Kier molecular flexibility index (Phi) is 5.79. The molecule has 0 bridgehead atoms. The van der Waals surface area contributed by atoms with Crippen molar-refractivity contribution in [3.8, 4) is 0 Å². The number of carbonyl (C=O) groups excluding carboxylic acids is 1. The average Bonchev–Trinajstić information content (AvgIpc) is 2.98. The molecule has 1 aromatic rings. The van der Waals surface area contributed by atoms with Gasteiger partial charge in [-0.15, -0.1) is 0 Å². The zero-order valence-corrected chi connectivity index (χ0v) is 13.4. The van der Waals surface area contributed by atoms with Crippen molar-refractivity contribution in [1.82, 2.24) is 10.6 Å². The molecule has 1 fully saturated rings. The molecule has 0 atom stereocenters. The molecule has 22 heavy (non-hydrogen) atoms. The molecule has 0 saturated heterocycles. The molecule has 1 aliphatic rings. The van der Waals surface area contributed by atoms with Crippen molar-refractivity contribution >= 4 is 16.1 Å². The monoisotopic (exact) mass is 325 g/mol. The largest absolute Gasteiger partial charge is 0.338 e. The Morgan fingerprint density at radius 1 is 1.14 bits per heavy atom. The lowest BCUT2D eigenvalue weighted by Crippen LogP contribution is -2.38. The van der Waals surface area contributed by atoms with Gasteiger partial charge in [-0.2, -0.15) is 0 Å². The highest BCUT2D eigenvalue weighted by atomic mass is 32.2. The van der Waals surface area contributed by atoms with Crippen LogP contribution in [0.25, 0.3) is 0 Å². The first-order valence-electron chi connectivity index (χ1n) is 7.58. The van der Waals surface area contributed by atoms with Gasteiger partial charge in [0.05, 0.1) is 4.90 Å². The van der Waals surface area contributed by atoms with Crippen molar-refractivity contribution in [1.29, 1.82) is 0 Å². The third-order valence-corrected chi connectivity index (χ3v) is 4.91. The van der Waals surface area contributed by atoms with E-state index in [9.17, 15) is 13.2 Å². The number of urea groups is 1. The number of nitrogens with one attached hydrogen (secondary N) is 2. The fourth-order valence-electron chi connectivity index (χ4n) is 2.68. The van der Waals surface area contributed by atoms with Gasteiger partial charge in [0.2, 0.25) is 10.0 Å². The molecule has 2 amide bonds. The van der Waals surface area contributed by atoms with E-state index in [4.69, 9.17) is 5.14 Å². The van der Waals surface area contributed by atoms with Gasteiger partial charge in [0, 0.05) is 13.1 Å². The van der Waals surface area contributed by atoms with E-state index in [1.165, 1.54) is 37.8 Å². The number of rotatable bonds is 6. The minimum Gasteiger partial charge on any atom is -0.338 e. The Hall–Kier alpha value is -1.60. The van der Waals surface area contributed by atoms with Crippen LogP contribution in [0.5, 0.6) is 0 Å². The average molecular weight is 325 g/mol. The Morgan fingerprint density at radius 3 is 2.36 bits per heavy atom. The van der Waals surface area contributed by atoms with Crippen LogP contribution < -0.4 is 15.8 Å². The van der Waals surface area contributed by atoms with Gasteiger partial charge in [-0.3, -0.25) is 0 Å². The minimum absolute atomic E-state index is 0.0958. The lowest BCUT2D eigenvalue weighted by molar-refractivity contribution is 0.239. The van der Waals surface area contributed by atoms with Gasteiger partial charge in [0.25, 0.3) is 0 Å². The molecule has 2 rings (SSSR count). The summed E-state index contributed by atoms with van der Waals surface area (Å²) < 4.78 is 22.3. The summed E-state index contributed by atoms with van der Waals surface area (Å²) in [7, 11) is -3.65. The highest BCUT2D eigenvalue weighted by molar-refractivity contribution is 7.89. The van der Waals surface area contributed by atoms with Gasteiger partial charge in [0.15, 0.2) is 0 Å². The first kappa shape index (κ1) is 16.8. The molecule has 4 N–H and O–H groups in total. The number of hydrogen-bond acceptors (Lipinski definition) is 3. The van der Waals surface area contributed by atoms with E-state index in [-0.39, 0.29) is 10.9 Å². The molecule has 1 aromatic carbocycles. The Labute approximate surface area is 131 Å². The number of primary sulfonamides is 1. The van der Waals surface area contributed by atoms with E-state index >= 15 is 0 Å². The van der Waals surface area contributed by atoms with Gasteiger partial charge in [-0.25, -0.2) is 18.4 Å². The quantitative estimate of drug-likeness (QED) is 0.736. The van der Waals surface area contributed by atoms with Crippen LogP contribution in [0.1, 0.15) is 31.2 Å².